The standard InChI is InChI=1S/C11H13N3O2S/c1-15-9-5-3-2-4-8(9)10-13-14-11(16-10)17-7-6-12/h2-5H,6-7,12H2,1H3. The number of para-hydroxylation sites is 1. The lowest BCUT2D eigenvalue weighted by atomic mass is 10.2. The predicted molar refractivity (Wildman–Crippen MR) is 66.1 cm³/mol. The van der Waals surface area contributed by atoms with Crippen molar-refractivity contribution in [3.8, 4) is 17.2 Å². The van der Waals surface area contributed by atoms with Gasteiger partial charge in [0.15, 0.2) is 0 Å². The summed E-state index contributed by atoms with van der Waals surface area (Å²) in [6.45, 7) is 0.580. The van der Waals surface area contributed by atoms with Crippen molar-refractivity contribution in [2.45, 2.75) is 5.22 Å². The average Bonchev–Trinajstić information content (AvgIpc) is 2.85. The van der Waals surface area contributed by atoms with E-state index in [0.717, 1.165) is 11.3 Å². The van der Waals surface area contributed by atoms with Gasteiger partial charge in [0, 0.05) is 12.3 Å². The Morgan fingerprint density at radius 2 is 2.18 bits per heavy atom. The highest BCUT2D eigenvalue weighted by molar-refractivity contribution is 7.99. The number of benzene rings is 1. The van der Waals surface area contributed by atoms with Crippen LogP contribution >= 0.6 is 11.8 Å². The van der Waals surface area contributed by atoms with Gasteiger partial charge in [0.25, 0.3) is 11.1 Å². The molecule has 1 heterocycles. The topological polar surface area (TPSA) is 74.2 Å². The number of ether oxygens (including phenoxy) is 1. The Bertz CT molecular complexity index is 487. The van der Waals surface area contributed by atoms with Gasteiger partial charge in [-0.15, -0.1) is 10.2 Å². The molecule has 0 unspecified atom stereocenters. The minimum Gasteiger partial charge on any atom is -0.496 e. The zero-order valence-corrected chi connectivity index (χ0v) is 10.2. The summed E-state index contributed by atoms with van der Waals surface area (Å²) in [5, 5.41) is 8.45. The minimum absolute atomic E-state index is 0.460. The Kier molecular flexibility index (Phi) is 4.00. The van der Waals surface area contributed by atoms with Crippen LogP contribution in [0, 0.1) is 0 Å². The lowest BCUT2D eigenvalue weighted by Crippen LogP contribution is -2.00. The molecule has 0 amide bonds. The van der Waals surface area contributed by atoms with Crippen molar-refractivity contribution in [2.75, 3.05) is 19.4 Å². The highest BCUT2D eigenvalue weighted by atomic mass is 32.2. The van der Waals surface area contributed by atoms with E-state index in [1.807, 2.05) is 24.3 Å². The third-order valence-electron chi connectivity index (χ3n) is 2.09. The first-order valence-corrected chi connectivity index (χ1v) is 6.13. The van der Waals surface area contributed by atoms with Crippen LogP contribution in [0.15, 0.2) is 33.9 Å². The minimum atomic E-state index is 0.460. The average molecular weight is 251 g/mol. The predicted octanol–water partition coefficient (Wildman–Crippen LogP) is 1.80. The second-order valence-corrected chi connectivity index (χ2v) is 4.26. The quantitative estimate of drug-likeness (QED) is 0.817. The lowest BCUT2D eigenvalue weighted by molar-refractivity contribution is 0.411. The van der Waals surface area contributed by atoms with E-state index in [0.29, 0.717) is 23.4 Å². The Hall–Kier alpha value is -1.53. The van der Waals surface area contributed by atoms with Crippen molar-refractivity contribution < 1.29 is 9.15 Å². The van der Waals surface area contributed by atoms with Gasteiger partial charge in [-0.3, -0.25) is 0 Å². The summed E-state index contributed by atoms with van der Waals surface area (Å²) in [6, 6.07) is 7.52. The van der Waals surface area contributed by atoms with Crippen molar-refractivity contribution in [1.82, 2.24) is 10.2 Å². The molecule has 0 saturated heterocycles. The molecule has 0 spiro atoms. The van der Waals surface area contributed by atoms with Crippen LogP contribution in [0.2, 0.25) is 0 Å². The molecule has 2 aromatic rings. The molecule has 0 bridgehead atoms. The molecule has 0 fully saturated rings. The zero-order chi connectivity index (χ0) is 12.1. The van der Waals surface area contributed by atoms with Crippen molar-refractivity contribution in [3.63, 3.8) is 0 Å². The summed E-state index contributed by atoms with van der Waals surface area (Å²) >= 11 is 1.44. The molecular weight excluding hydrogens is 238 g/mol. The van der Waals surface area contributed by atoms with E-state index in [4.69, 9.17) is 14.9 Å². The van der Waals surface area contributed by atoms with Gasteiger partial charge in [0.1, 0.15) is 5.75 Å². The summed E-state index contributed by atoms with van der Waals surface area (Å²) in [7, 11) is 1.61. The van der Waals surface area contributed by atoms with Crippen molar-refractivity contribution in [2.24, 2.45) is 5.73 Å². The normalized spacial score (nSPS) is 10.5. The van der Waals surface area contributed by atoms with Gasteiger partial charge in [-0.05, 0) is 12.1 Å². The van der Waals surface area contributed by atoms with E-state index in [-0.39, 0.29) is 0 Å². The van der Waals surface area contributed by atoms with Gasteiger partial charge in [-0.25, -0.2) is 0 Å². The van der Waals surface area contributed by atoms with Crippen LogP contribution in [-0.2, 0) is 0 Å². The SMILES string of the molecule is COc1ccccc1-c1nnc(SCCN)o1. The Labute approximate surface area is 103 Å². The molecule has 0 atom stereocenters. The molecule has 0 aliphatic rings. The van der Waals surface area contributed by atoms with Crippen LogP contribution < -0.4 is 10.5 Å². The number of aromatic nitrogens is 2. The number of nitrogens with two attached hydrogens (primary N) is 1. The molecule has 0 aliphatic carbocycles. The van der Waals surface area contributed by atoms with E-state index in [1.165, 1.54) is 11.8 Å². The number of hydrogen-bond acceptors (Lipinski definition) is 6. The number of rotatable bonds is 5. The van der Waals surface area contributed by atoms with Crippen LogP contribution in [0.5, 0.6) is 5.75 Å². The first-order valence-electron chi connectivity index (χ1n) is 5.15. The number of thioether (sulfide) groups is 1. The monoisotopic (exact) mass is 251 g/mol. The molecule has 0 aliphatic heterocycles. The zero-order valence-electron chi connectivity index (χ0n) is 9.42. The van der Waals surface area contributed by atoms with E-state index in [2.05, 4.69) is 10.2 Å². The van der Waals surface area contributed by atoms with Gasteiger partial charge < -0.3 is 14.9 Å². The first-order chi connectivity index (χ1) is 8.35. The van der Waals surface area contributed by atoms with E-state index in [1.54, 1.807) is 7.11 Å². The summed E-state index contributed by atoms with van der Waals surface area (Å²) in [4.78, 5) is 0. The molecule has 2 rings (SSSR count). The summed E-state index contributed by atoms with van der Waals surface area (Å²) in [5.41, 5.74) is 6.20. The van der Waals surface area contributed by atoms with Crippen LogP contribution in [0.25, 0.3) is 11.5 Å². The van der Waals surface area contributed by atoms with Gasteiger partial charge in [-0.2, -0.15) is 0 Å². The Balaban J connectivity index is 2.24. The Morgan fingerprint density at radius 1 is 1.35 bits per heavy atom. The van der Waals surface area contributed by atoms with Gasteiger partial charge >= 0.3 is 0 Å². The van der Waals surface area contributed by atoms with E-state index < -0.39 is 0 Å². The molecule has 90 valence electrons. The van der Waals surface area contributed by atoms with Crippen LogP contribution in [0.1, 0.15) is 0 Å². The smallest absolute Gasteiger partial charge is 0.276 e. The number of methoxy groups -OCH3 is 1. The molecular formula is C11H13N3O2S. The fraction of sp³-hybridized carbons (Fsp3) is 0.273. The van der Waals surface area contributed by atoms with Crippen LogP contribution in [0.3, 0.4) is 0 Å². The number of nitrogens with zero attached hydrogens (tertiary/aromatic N) is 2. The fourth-order valence-electron chi connectivity index (χ4n) is 1.34. The highest BCUT2D eigenvalue weighted by Gasteiger charge is 2.12. The van der Waals surface area contributed by atoms with Crippen molar-refractivity contribution in [3.05, 3.63) is 24.3 Å². The molecule has 1 aromatic heterocycles. The lowest BCUT2D eigenvalue weighted by Gasteiger charge is -2.03. The van der Waals surface area contributed by atoms with Gasteiger partial charge in [0.05, 0.1) is 12.7 Å². The van der Waals surface area contributed by atoms with Gasteiger partial charge in [0.2, 0.25) is 0 Å². The molecule has 0 saturated carbocycles. The fourth-order valence-corrected chi connectivity index (χ4v) is 1.87. The van der Waals surface area contributed by atoms with E-state index >= 15 is 0 Å². The molecule has 5 nitrogen and oxygen atoms in total. The van der Waals surface area contributed by atoms with Crippen LogP contribution in [-0.4, -0.2) is 29.6 Å². The van der Waals surface area contributed by atoms with Gasteiger partial charge in [-0.1, -0.05) is 23.9 Å². The van der Waals surface area contributed by atoms with Crippen molar-refractivity contribution >= 4 is 11.8 Å². The molecule has 2 N–H and O–H groups in total. The molecule has 17 heavy (non-hydrogen) atoms. The maximum Gasteiger partial charge on any atom is 0.276 e. The van der Waals surface area contributed by atoms with Crippen LogP contribution in [0.4, 0.5) is 0 Å². The second-order valence-electron chi connectivity index (χ2n) is 3.21. The van der Waals surface area contributed by atoms with E-state index in [9.17, 15) is 0 Å². The maximum atomic E-state index is 5.52. The molecule has 0 radical (unpaired) electrons. The third-order valence-corrected chi connectivity index (χ3v) is 2.94. The summed E-state index contributed by atoms with van der Waals surface area (Å²) in [5.74, 6) is 1.93. The highest BCUT2D eigenvalue weighted by Crippen LogP contribution is 2.30. The Morgan fingerprint density at radius 3 is 2.94 bits per heavy atom. The summed E-state index contributed by atoms with van der Waals surface area (Å²) < 4.78 is 10.8. The number of hydrogen-bond donors (Lipinski definition) is 1. The summed E-state index contributed by atoms with van der Waals surface area (Å²) in [6.07, 6.45) is 0. The molecule has 1 aromatic carbocycles. The first kappa shape index (κ1) is 11.9. The third kappa shape index (κ3) is 2.78. The van der Waals surface area contributed by atoms with Crippen molar-refractivity contribution in [1.29, 1.82) is 0 Å². The maximum absolute atomic E-state index is 5.52. The largest absolute Gasteiger partial charge is 0.496 e. The molecule has 6 heteroatoms. The second kappa shape index (κ2) is 5.70.